The predicted molar refractivity (Wildman–Crippen MR) is 59.9 cm³/mol. The lowest BCUT2D eigenvalue weighted by atomic mass is 10.0. The molecule has 0 aliphatic rings. The molecular formula is C12H11F8NO. The monoisotopic (exact) mass is 337 g/mol. The SMILES string of the molecule is CC(O)(NCc1cccc(C(F)(F)C(F)(F)F)c1)C(F)(F)F. The predicted octanol–water partition coefficient (Wildman–Crippen LogP) is 3.70. The quantitative estimate of drug-likeness (QED) is 0.649. The lowest BCUT2D eigenvalue weighted by Gasteiger charge is -2.27. The van der Waals surface area contributed by atoms with E-state index < -0.39 is 36.1 Å². The van der Waals surface area contributed by atoms with Gasteiger partial charge < -0.3 is 5.11 Å². The molecular weight excluding hydrogens is 326 g/mol. The minimum atomic E-state index is -5.82. The van der Waals surface area contributed by atoms with E-state index in [0.29, 0.717) is 19.1 Å². The van der Waals surface area contributed by atoms with Gasteiger partial charge in [-0.25, -0.2) is 0 Å². The molecule has 10 heteroatoms. The van der Waals surface area contributed by atoms with E-state index in [0.717, 1.165) is 12.1 Å². The zero-order valence-electron chi connectivity index (χ0n) is 11.0. The first-order valence-corrected chi connectivity index (χ1v) is 5.76. The molecule has 2 N–H and O–H groups in total. The van der Waals surface area contributed by atoms with Crippen LogP contribution in [-0.2, 0) is 12.5 Å². The molecule has 0 saturated heterocycles. The fraction of sp³-hybridized carbons (Fsp3) is 0.500. The van der Waals surface area contributed by atoms with Crippen LogP contribution in [0.5, 0.6) is 0 Å². The van der Waals surface area contributed by atoms with Crippen LogP contribution in [0.1, 0.15) is 18.1 Å². The molecule has 0 saturated carbocycles. The molecule has 0 heterocycles. The topological polar surface area (TPSA) is 32.3 Å². The Morgan fingerprint density at radius 1 is 0.955 bits per heavy atom. The fourth-order valence-electron chi connectivity index (χ4n) is 1.41. The average Bonchev–Trinajstić information content (AvgIpc) is 2.34. The van der Waals surface area contributed by atoms with Crippen LogP contribution in [0.3, 0.4) is 0 Å². The van der Waals surface area contributed by atoms with Gasteiger partial charge in [0.15, 0.2) is 0 Å². The summed E-state index contributed by atoms with van der Waals surface area (Å²) in [7, 11) is 0. The van der Waals surface area contributed by atoms with Crippen molar-refractivity contribution in [2.45, 2.75) is 37.5 Å². The zero-order valence-corrected chi connectivity index (χ0v) is 11.0. The number of rotatable bonds is 4. The smallest absolute Gasteiger partial charge is 0.368 e. The molecule has 1 aromatic carbocycles. The van der Waals surface area contributed by atoms with Crippen LogP contribution in [-0.4, -0.2) is 23.2 Å². The normalized spacial score (nSPS) is 16.5. The third-order valence-corrected chi connectivity index (χ3v) is 2.83. The molecule has 0 fully saturated rings. The molecule has 22 heavy (non-hydrogen) atoms. The number of aliphatic hydroxyl groups is 1. The molecule has 0 aromatic heterocycles. The van der Waals surface area contributed by atoms with Crippen molar-refractivity contribution < 1.29 is 40.2 Å². The van der Waals surface area contributed by atoms with Gasteiger partial charge in [-0.2, -0.15) is 35.1 Å². The Kier molecular flexibility index (Phi) is 4.79. The summed E-state index contributed by atoms with van der Waals surface area (Å²) in [5, 5.41) is 10.7. The summed E-state index contributed by atoms with van der Waals surface area (Å²) < 4.78 is 100. The molecule has 0 bridgehead atoms. The molecule has 1 aromatic rings. The maximum atomic E-state index is 13.1. The number of alkyl halides is 8. The second-order valence-electron chi connectivity index (χ2n) is 4.70. The molecule has 0 radical (unpaired) electrons. The second kappa shape index (κ2) is 5.65. The van der Waals surface area contributed by atoms with E-state index in [1.165, 1.54) is 0 Å². The third kappa shape index (κ3) is 3.86. The minimum Gasteiger partial charge on any atom is -0.368 e. The van der Waals surface area contributed by atoms with Gasteiger partial charge in [-0.15, -0.1) is 0 Å². The maximum absolute atomic E-state index is 13.1. The first kappa shape index (κ1) is 18.6. The van der Waals surface area contributed by atoms with Crippen LogP contribution < -0.4 is 5.32 Å². The summed E-state index contributed by atoms with van der Waals surface area (Å²) >= 11 is 0. The lowest BCUT2D eigenvalue weighted by molar-refractivity contribution is -0.289. The summed E-state index contributed by atoms with van der Waals surface area (Å²) in [5.74, 6) is -5.13. The van der Waals surface area contributed by atoms with Crippen LogP contribution in [0.15, 0.2) is 24.3 Å². The van der Waals surface area contributed by atoms with Crippen molar-refractivity contribution in [3.63, 3.8) is 0 Å². The van der Waals surface area contributed by atoms with Crippen LogP contribution in [0.25, 0.3) is 0 Å². The summed E-state index contributed by atoms with van der Waals surface area (Å²) in [6.45, 7) is -0.366. The summed E-state index contributed by atoms with van der Waals surface area (Å²) in [5.41, 5.74) is -4.98. The van der Waals surface area contributed by atoms with Gasteiger partial charge in [0.05, 0.1) is 0 Å². The van der Waals surface area contributed by atoms with Crippen LogP contribution >= 0.6 is 0 Å². The number of hydrogen-bond donors (Lipinski definition) is 2. The molecule has 0 spiro atoms. The van der Waals surface area contributed by atoms with Gasteiger partial charge in [-0.05, 0) is 18.6 Å². The molecule has 0 aliphatic heterocycles. The fourth-order valence-corrected chi connectivity index (χ4v) is 1.41. The Hall–Kier alpha value is -1.42. The van der Waals surface area contributed by atoms with Gasteiger partial charge in [-0.3, -0.25) is 5.32 Å². The summed E-state index contributed by atoms with van der Waals surface area (Å²) in [6, 6.07) is 2.84. The van der Waals surface area contributed by atoms with Gasteiger partial charge in [-0.1, -0.05) is 18.2 Å². The second-order valence-corrected chi connectivity index (χ2v) is 4.70. The van der Waals surface area contributed by atoms with Gasteiger partial charge in [0, 0.05) is 12.1 Å². The Morgan fingerprint density at radius 3 is 1.95 bits per heavy atom. The average molecular weight is 337 g/mol. The van der Waals surface area contributed by atoms with Crippen LogP contribution in [0.2, 0.25) is 0 Å². The molecule has 2 nitrogen and oxygen atoms in total. The Bertz CT molecular complexity index is 521. The first-order valence-electron chi connectivity index (χ1n) is 5.76. The van der Waals surface area contributed by atoms with E-state index >= 15 is 0 Å². The lowest BCUT2D eigenvalue weighted by Crippen LogP contribution is -2.53. The van der Waals surface area contributed by atoms with Crippen molar-refractivity contribution in [1.82, 2.24) is 5.32 Å². The molecule has 0 amide bonds. The van der Waals surface area contributed by atoms with Crippen molar-refractivity contribution in [2.24, 2.45) is 0 Å². The van der Waals surface area contributed by atoms with E-state index in [1.807, 2.05) is 0 Å². The molecule has 1 atom stereocenters. The molecule has 0 aliphatic carbocycles. The summed E-state index contributed by atoms with van der Waals surface area (Å²) in [4.78, 5) is 0. The van der Waals surface area contributed by atoms with E-state index in [9.17, 15) is 35.1 Å². The summed E-state index contributed by atoms with van der Waals surface area (Å²) in [6.07, 6.45) is -10.9. The molecule has 1 rings (SSSR count). The van der Waals surface area contributed by atoms with Gasteiger partial charge >= 0.3 is 18.3 Å². The molecule has 126 valence electrons. The Balaban J connectivity index is 2.96. The largest absolute Gasteiger partial charge is 0.458 e. The minimum absolute atomic E-state index is 0.272. The van der Waals surface area contributed by atoms with Gasteiger partial charge in [0.2, 0.25) is 5.72 Å². The highest BCUT2D eigenvalue weighted by Crippen LogP contribution is 2.43. The van der Waals surface area contributed by atoms with Crippen molar-refractivity contribution in [2.75, 3.05) is 0 Å². The Labute approximate surface area is 119 Å². The van der Waals surface area contributed by atoms with Gasteiger partial charge in [0.1, 0.15) is 0 Å². The highest BCUT2D eigenvalue weighted by atomic mass is 19.4. The number of benzene rings is 1. The first-order chi connectivity index (χ1) is 9.68. The van der Waals surface area contributed by atoms with E-state index in [1.54, 1.807) is 5.32 Å². The zero-order chi connectivity index (χ0) is 17.4. The van der Waals surface area contributed by atoms with Crippen molar-refractivity contribution >= 4 is 0 Å². The van der Waals surface area contributed by atoms with Crippen LogP contribution in [0.4, 0.5) is 35.1 Å². The van der Waals surface area contributed by atoms with E-state index in [-0.39, 0.29) is 5.56 Å². The van der Waals surface area contributed by atoms with Crippen LogP contribution in [0, 0.1) is 0 Å². The van der Waals surface area contributed by atoms with Crippen molar-refractivity contribution in [1.29, 1.82) is 0 Å². The maximum Gasteiger partial charge on any atom is 0.458 e. The third-order valence-electron chi connectivity index (χ3n) is 2.83. The van der Waals surface area contributed by atoms with E-state index in [2.05, 4.69) is 0 Å². The number of nitrogens with one attached hydrogen (secondary N) is 1. The Morgan fingerprint density at radius 2 is 1.50 bits per heavy atom. The van der Waals surface area contributed by atoms with E-state index in [4.69, 9.17) is 5.11 Å². The number of halogens is 8. The van der Waals surface area contributed by atoms with Gasteiger partial charge in [0.25, 0.3) is 0 Å². The van der Waals surface area contributed by atoms with Crippen molar-refractivity contribution in [3.8, 4) is 0 Å². The highest BCUT2D eigenvalue weighted by molar-refractivity contribution is 5.28. The van der Waals surface area contributed by atoms with Crippen molar-refractivity contribution in [3.05, 3.63) is 35.4 Å². The standard InChI is InChI=1S/C12H11F8NO/c1-9(22,11(15,16)17)21-6-7-3-2-4-8(5-7)10(13,14)12(18,19)20/h2-5,21-22H,6H2,1H3. The highest BCUT2D eigenvalue weighted by Gasteiger charge is 2.58. The number of hydrogen-bond acceptors (Lipinski definition) is 2. The molecule has 1 unspecified atom stereocenters.